The normalized spacial score (nSPS) is 14.8. The number of halogens is 1. The summed E-state index contributed by atoms with van der Waals surface area (Å²) < 4.78 is 0. The summed E-state index contributed by atoms with van der Waals surface area (Å²) in [6.07, 6.45) is 2.75. The van der Waals surface area contributed by atoms with E-state index >= 15 is 0 Å². The fourth-order valence-electron chi connectivity index (χ4n) is 2.04. The van der Waals surface area contributed by atoms with E-state index < -0.39 is 6.10 Å². The molecule has 0 fully saturated rings. The highest BCUT2D eigenvalue weighted by atomic mass is 35.5. The van der Waals surface area contributed by atoms with Crippen LogP contribution in [-0.2, 0) is 0 Å². The predicted octanol–water partition coefficient (Wildman–Crippen LogP) is 3.88. The number of rotatable bonds is 7. The maximum absolute atomic E-state index is 10.1. The van der Waals surface area contributed by atoms with Crippen molar-refractivity contribution in [1.29, 1.82) is 0 Å². The Hall–Kier alpha value is -0.570. The highest BCUT2D eigenvalue weighted by molar-refractivity contribution is 6.30. The quantitative estimate of drug-likeness (QED) is 0.812. The zero-order chi connectivity index (χ0) is 13.5. The van der Waals surface area contributed by atoms with E-state index in [9.17, 15) is 5.11 Å². The van der Waals surface area contributed by atoms with Gasteiger partial charge < -0.3 is 10.0 Å². The Bertz CT molecular complexity index is 339. The Kier molecular flexibility index (Phi) is 6.69. The van der Waals surface area contributed by atoms with Crippen molar-refractivity contribution in [2.24, 2.45) is 0 Å². The molecule has 0 aromatic heterocycles. The van der Waals surface area contributed by atoms with Gasteiger partial charge in [-0.1, -0.05) is 37.1 Å². The molecule has 0 heterocycles. The van der Waals surface area contributed by atoms with Crippen molar-refractivity contribution in [3.63, 3.8) is 0 Å². The van der Waals surface area contributed by atoms with Crippen LogP contribution < -0.4 is 0 Å². The summed E-state index contributed by atoms with van der Waals surface area (Å²) in [5.74, 6) is 0. The second-order valence-corrected chi connectivity index (χ2v) is 5.41. The summed E-state index contributed by atoms with van der Waals surface area (Å²) in [7, 11) is 2.12. The molecule has 0 saturated carbocycles. The van der Waals surface area contributed by atoms with Crippen LogP contribution in [0.2, 0.25) is 5.02 Å². The lowest BCUT2D eigenvalue weighted by molar-refractivity contribution is 0.137. The summed E-state index contributed by atoms with van der Waals surface area (Å²) >= 11 is 5.83. The van der Waals surface area contributed by atoms with E-state index in [1.165, 1.54) is 12.8 Å². The number of aliphatic hydroxyl groups excluding tert-OH is 1. The summed E-state index contributed by atoms with van der Waals surface area (Å²) in [6, 6.07) is 8.00. The highest BCUT2D eigenvalue weighted by Gasteiger charge is 2.12. The Balaban J connectivity index is 2.41. The average Bonchev–Trinajstić information content (AvgIpc) is 2.36. The van der Waals surface area contributed by atoms with Gasteiger partial charge in [-0.2, -0.15) is 0 Å². The second kappa shape index (κ2) is 7.78. The molecule has 0 spiro atoms. The smallest absolute Gasteiger partial charge is 0.0802 e. The lowest BCUT2D eigenvalue weighted by atomic mass is 10.1. The van der Waals surface area contributed by atoms with Gasteiger partial charge in [-0.15, -0.1) is 0 Å². The third kappa shape index (κ3) is 4.97. The van der Waals surface area contributed by atoms with Crippen molar-refractivity contribution >= 4 is 11.6 Å². The maximum Gasteiger partial charge on any atom is 0.0802 e. The van der Waals surface area contributed by atoms with Crippen LogP contribution >= 0.6 is 11.6 Å². The number of hydrogen-bond acceptors (Lipinski definition) is 2. The first-order chi connectivity index (χ1) is 8.54. The Morgan fingerprint density at radius 3 is 2.39 bits per heavy atom. The zero-order valence-electron chi connectivity index (χ0n) is 11.6. The van der Waals surface area contributed by atoms with Crippen LogP contribution in [0.1, 0.15) is 44.8 Å². The third-order valence-electron chi connectivity index (χ3n) is 3.47. The second-order valence-electron chi connectivity index (χ2n) is 4.97. The van der Waals surface area contributed by atoms with Gasteiger partial charge in [-0.05, 0) is 44.5 Å². The van der Waals surface area contributed by atoms with E-state index in [2.05, 4.69) is 25.8 Å². The van der Waals surface area contributed by atoms with Crippen molar-refractivity contribution < 1.29 is 5.11 Å². The average molecular weight is 270 g/mol. The van der Waals surface area contributed by atoms with Gasteiger partial charge in [0.2, 0.25) is 0 Å². The van der Waals surface area contributed by atoms with Crippen LogP contribution in [0.15, 0.2) is 24.3 Å². The molecular weight excluding hydrogens is 246 g/mol. The first kappa shape index (κ1) is 15.5. The molecule has 3 heteroatoms. The molecule has 1 aromatic rings. The van der Waals surface area contributed by atoms with E-state index in [0.717, 1.165) is 18.5 Å². The van der Waals surface area contributed by atoms with Gasteiger partial charge in [0.05, 0.1) is 6.10 Å². The van der Waals surface area contributed by atoms with Crippen molar-refractivity contribution in [1.82, 2.24) is 4.90 Å². The van der Waals surface area contributed by atoms with Crippen molar-refractivity contribution in [2.75, 3.05) is 13.6 Å². The van der Waals surface area contributed by atoms with E-state index in [4.69, 9.17) is 11.6 Å². The summed E-state index contributed by atoms with van der Waals surface area (Å²) in [4.78, 5) is 2.31. The fraction of sp³-hybridized carbons (Fsp3) is 0.600. The molecule has 0 saturated heterocycles. The number of hydrogen-bond donors (Lipinski definition) is 1. The summed E-state index contributed by atoms with van der Waals surface area (Å²) in [6.45, 7) is 5.34. The van der Waals surface area contributed by atoms with Gasteiger partial charge in [-0.3, -0.25) is 0 Å². The third-order valence-corrected chi connectivity index (χ3v) is 3.72. The largest absolute Gasteiger partial charge is 0.388 e. The molecule has 0 amide bonds. The molecule has 18 heavy (non-hydrogen) atoms. The molecule has 0 bridgehead atoms. The minimum absolute atomic E-state index is 0.404. The first-order valence-corrected chi connectivity index (χ1v) is 7.06. The lowest BCUT2D eigenvalue weighted by Crippen LogP contribution is -2.30. The number of nitrogens with zero attached hydrogens (tertiary/aromatic N) is 1. The van der Waals surface area contributed by atoms with Crippen LogP contribution in [0.3, 0.4) is 0 Å². The summed E-state index contributed by atoms with van der Waals surface area (Å²) in [5.41, 5.74) is 0.941. The topological polar surface area (TPSA) is 23.5 Å². The molecule has 0 radical (unpaired) electrons. The van der Waals surface area contributed by atoms with E-state index in [-0.39, 0.29) is 0 Å². The molecule has 0 aliphatic carbocycles. The SMILES string of the molecule is CCCC(C)N(C)CCC(O)c1ccc(Cl)cc1. The standard InChI is InChI=1S/C15H24ClNO/c1-4-5-12(2)17(3)11-10-15(18)13-6-8-14(16)9-7-13/h6-9,12,15,18H,4-5,10-11H2,1-3H3. The van der Waals surface area contributed by atoms with E-state index in [1.54, 1.807) is 0 Å². The monoisotopic (exact) mass is 269 g/mol. The predicted molar refractivity (Wildman–Crippen MR) is 78.0 cm³/mol. The molecule has 2 unspecified atom stereocenters. The van der Waals surface area contributed by atoms with Gasteiger partial charge in [0.15, 0.2) is 0 Å². The molecule has 2 atom stereocenters. The zero-order valence-corrected chi connectivity index (χ0v) is 12.3. The van der Waals surface area contributed by atoms with Crippen molar-refractivity contribution in [2.45, 2.75) is 45.3 Å². The lowest BCUT2D eigenvalue weighted by Gasteiger charge is -2.25. The van der Waals surface area contributed by atoms with Gasteiger partial charge in [0.1, 0.15) is 0 Å². The van der Waals surface area contributed by atoms with Crippen LogP contribution in [0.25, 0.3) is 0 Å². The number of benzene rings is 1. The maximum atomic E-state index is 10.1. The Morgan fingerprint density at radius 2 is 1.83 bits per heavy atom. The molecule has 1 rings (SSSR count). The fourth-order valence-corrected chi connectivity index (χ4v) is 2.16. The van der Waals surface area contributed by atoms with Crippen LogP contribution in [0, 0.1) is 0 Å². The Morgan fingerprint density at radius 1 is 1.22 bits per heavy atom. The molecule has 1 N–H and O–H groups in total. The molecule has 1 aromatic carbocycles. The van der Waals surface area contributed by atoms with Crippen LogP contribution in [0.5, 0.6) is 0 Å². The van der Waals surface area contributed by atoms with Gasteiger partial charge in [0.25, 0.3) is 0 Å². The minimum Gasteiger partial charge on any atom is -0.388 e. The molecule has 2 nitrogen and oxygen atoms in total. The molecular formula is C15H24ClNO. The first-order valence-electron chi connectivity index (χ1n) is 6.68. The molecule has 0 aliphatic heterocycles. The van der Waals surface area contributed by atoms with E-state index in [1.807, 2.05) is 24.3 Å². The van der Waals surface area contributed by atoms with E-state index in [0.29, 0.717) is 11.1 Å². The molecule has 102 valence electrons. The number of aliphatic hydroxyl groups is 1. The summed E-state index contributed by atoms with van der Waals surface area (Å²) in [5, 5.41) is 10.8. The van der Waals surface area contributed by atoms with Crippen molar-refractivity contribution in [3.05, 3.63) is 34.9 Å². The van der Waals surface area contributed by atoms with Crippen LogP contribution in [0.4, 0.5) is 0 Å². The van der Waals surface area contributed by atoms with Crippen molar-refractivity contribution in [3.8, 4) is 0 Å². The van der Waals surface area contributed by atoms with Gasteiger partial charge in [0, 0.05) is 17.6 Å². The Labute approximate surface area is 116 Å². The van der Waals surface area contributed by atoms with Gasteiger partial charge >= 0.3 is 0 Å². The molecule has 0 aliphatic rings. The van der Waals surface area contributed by atoms with Gasteiger partial charge in [-0.25, -0.2) is 0 Å². The van der Waals surface area contributed by atoms with Crippen LogP contribution in [-0.4, -0.2) is 29.6 Å². The minimum atomic E-state index is -0.404. The highest BCUT2D eigenvalue weighted by Crippen LogP contribution is 2.19.